The van der Waals surface area contributed by atoms with Crippen molar-refractivity contribution in [3.8, 4) is 35.1 Å². The lowest BCUT2D eigenvalue weighted by molar-refractivity contribution is 1.04. The number of benzene rings is 3. The van der Waals surface area contributed by atoms with Crippen LogP contribution in [0.3, 0.4) is 0 Å². The van der Waals surface area contributed by atoms with Crippen LogP contribution >= 0.6 is 0 Å². The SMILES string of the molecule is C#C/C(=C\C(=C)c1nc(-c2ccccc2)nc(-c2ccccc2)n1)c1ccc(C)cc1. The molecule has 0 fully saturated rings. The Labute approximate surface area is 182 Å². The van der Waals surface area contributed by atoms with E-state index in [9.17, 15) is 0 Å². The van der Waals surface area contributed by atoms with Gasteiger partial charge in [-0.3, -0.25) is 0 Å². The molecule has 0 atom stereocenters. The minimum absolute atomic E-state index is 0.493. The number of terminal acetylenes is 1. The highest BCUT2D eigenvalue weighted by atomic mass is 15.0. The van der Waals surface area contributed by atoms with Crippen molar-refractivity contribution >= 4 is 11.1 Å². The Balaban J connectivity index is 1.80. The Hall–Kier alpha value is -4.29. The van der Waals surface area contributed by atoms with Crippen LogP contribution in [0.15, 0.2) is 97.6 Å². The average molecular weight is 399 g/mol. The molecule has 1 heterocycles. The van der Waals surface area contributed by atoms with Gasteiger partial charge in [-0.2, -0.15) is 0 Å². The molecule has 0 aliphatic rings. The van der Waals surface area contributed by atoms with Gasteiger partial charge in [0.05, 0.1) is 0 Å². The monoisotopic (exact) mass is 399 g/mol. The molecule has 0 bridgehead atoms. The first-order valence-corrected chi connectivity index (χ1v) is 9.95. The van der Waals surface area contributed by atoms with Crippen LogP contribution in [-0.4, -0.2) is 15.0 Å². The van der Waals surface area contributed by atoms with Gasteiger partial charge in [0.25, 0.3) is 0 Å². The molecule has 0 saturated heterocycles. The molecular formula is C28H21N3. The van der Waals surface area contributed by atoms with E-state index in [4.69, 9.17) is 11.4 Å². The first kappa shape index (κ1) is 20.0. The fraction of sp³-hybridized carbons (Fsp3) is 0.0357. The van der Waals surface area contributed by atoms with Gasteiger partial charge in [-0.1, -0.05) is 103 Å². The number of allylic oxidation sites excluding steroid dienone is 3. The number of nitrogens with zero attached hydrogens (tertiary/aromatic N) is 3. The Bertz CT molecular complexity index is 1220. The fourth-order valence-electron chi connectivity index (χ4n) is 3.13. The molecule has 0 aliphatic carbocycles. The van der Waals surface area contributed by atoms with Crippen molar-refractivity contribution in [2.24, 2.45) is 0 Å². The lowest BCUT2D eigenvalue weighted by Crippen LogP contribution is -2.02. The Morgan fingerprint density at radius 1 is 0.774 bits per heavy atom. The second-order valence-electron chi connectivity index (χ2n) is 7.13. The number of rotatable bonds is 5. The van der Waals surface area contributed by atoms with Crippen LogP contribution < -0.4 is 0 Å². The van der Waals surface area contributed by atoms with E-state index in [-0.39, 0.29) is 0 Å². The van der Waals surface area contributed by atoms with Crippen molar-refractivity contribution in [3.63, 3.8) is 0 Å². The molecule has 4 rings (SSSR count). The van der Waals surface area contributed by atoms with E-state index in [1.54, 1.807) is 0 Å². The van der Waals surface area contributed by atoms with Gasteiger partial charge in [0.2, 0.25) is 0 Å². The summed E-state index contributed by atoms with van der Waals surface area (Å²) in [6.07, 6.45) is 7.65. The highest BCUT2D eigenvalue weighted by Crippen LogP contribution is 2.24. The summed E-state index contributed by atoms with van der Waals surface area (Å²) in [5, 5.41) is 0. The standard InChI is InChI=1S/C28H21N3/c1-4-22(23-17-15-20(2)16-18-23)19-21(3)26-29-27(24-11-7-5-8-12-24)31-28(30-26)25-13-9-6-10-14-25/h1,5-19H,3H2,2H3/b22-19+. The summed E-state index contributed by atoms with van der Waals surface area (Å²) in [5.74, 6) is 4.44. The van der Waals surface area contributed by atoms with Gasteiger partial charge < -0.3 is 0 Å². The summed E-state index contributed by atoms with van der Waals surface area (Å²) in [6.45, 7) is 6.25. The molecular weight excluding hydrogens is 378 g/mol. The molecule has 31 heavy (non-hydrogen) atoms. The van der Waals surface area contributed by atoms with E-state index in [0.29, 0.717) is 23.0 Å². The van der Waals surface area contributed by atoms with Gasteiger partial charge in [0.15, 0.2) is 17.5 Å². The highest BCUT2D eigenvalue weighted by Gasteiger charge is 2.12. The number of hydrogen-bond donors (Lipinski definition) is 0. The summed E-state index contributed by atoms with van der Waals surface area (Å²) in [6, 6.07) is 27.8. The summed E-state index contributed by atoms with van der Waals surface area (Å²) in [7, 11) is 0. The van der Waals surface area contributed by atoms with Crippen molar-refractivity contribution in [1.29, 1.82) is 0 Å². The molecule has 0 unspecified atom stereocenters. The quantitative estimate of drug-likeness (QED) is 0.294. The minimum Gasteiger partial charge on any atom is -0.208 e. The summed E-state index contributed by atoms with van der Waals surface area (Å²) >= 11 is 0. The molecule has 0 amide bonds. The van der Waals surface area contributed by atoms with E-state index in [0.717, 1.165) is 22.3 Å². The normalized spacial score (nSPS) is 11.0. The summed E-state index contributed by atoms with van der Waals surface area (Å²) in [4.78, 5) is 14.1. The van der Waals surface area contributed by atoms with Crippen molar-refractivity contribution in [2.45, 2.75) is 6.92 Å². The van der Waals surface area contributed by atoms with Crippen LogP contribution in [0.2, 0.25) is 0 Å². The van der Waals surface area contributed by atoms with Crippen molar-refractivity contribution in [3.05, 3.63) is 115 Å². The van der Waals surface area contributed by atoms with Gasteiger partial charge in [0, 0.05) is 22.3 Å². The predicted molar refractivity (Wildman–Crippen MR) is 128 cm³/mol. The van der Waals surface area contributed by atoms with Crippen LogP contribution in [0.25, 0.3) is 33.9 Å². The third-order valence-corrected chi connectivity index (χ3v) is 4.82. The fourth-order valence-corrected chi connectivity index (χ4v) is 3.13. The molecule has 3 aromatic carbocycles. The Morgan fingerprint density at radius 3 is 1.77 bits per heavy atom. The molecule has 0 aliphatic heterocycles. The average Bonchev–Trinajstić information content (AvgIpc) is 2.84. The Morgan fingerprint density at radius 2 is 1.29 bits per heavy atom. The largest absolute Gasteiger partial charge is 0.208 e. The van der Waals surface area contributed by atoms with Gasteiger partial charge in [-0.15, -0.1) is 6.42 Å². The lowest BCUT2D eigenvalue weighted by Gasteiger charge is -2.09. The molecule has 3 nitrogen and oxygen atoms in total. The number of hydrogen-bond acceptors (Lipinski definition) is 3. The molecule has 0 spiro atoms. The highest BCUT2D eigenvalue weighted by molar-refractivity contribution is 5.88. The van der Waals surface area contributed by atoms with Gasteiger partial charge in [-0.05, 0) is 18.6 Å². The zero-order valence-electron chi connectivity index (χ0n) is 17.3. The van der Waals surface area contributed by atoms with E-state index in [2.05, 4.69) is 22.5 Å². The minimum atomic E-state index is 0.493. The van der Waals surface area contributed by atoms with E-state index in [1.807, 2.05) is 97.9 Å². The van der Waals surface area contributed by atoms with Gasteiger partial charge in [0.1, 0.15) is 0 Å². The first-order chi connectivity index (χ1) is 15.1. The Kier molecular flexibility index (Phi) is 5.82. The van der Waals surface area contributed by atoms with E-state index >= 15 is 0 Å². The maximum absolute atomic E-state index is 5.80. The number of aromatic nitrogens is 3. The van der Waals surface area contributed by atoms with Crippen molar-refractivity contribution in [2.75, 3.05) is 0 Å². The van der Waals surface area contributed by atoms with E-state index in [1.165, 1.54) is 5.56 Å². The van der Waals surface area contributed by atoms with Crippen molar-refractivity contribution < 1.29 is 0 Å². The molecule has 4 aromatic rings. The van der Waals surface area contributed by atoms with Crippen LogP contribution in [0.5, 0.6) is 0 Å². The molecule has 148 valence electrons. The zero-order valence-corrected chi connectivity index (χ0v) is 17.3. The van der Waals surface area contributed by atoms with Crippen molar-refractivity contribution in [1.82, 2.24) is 15.0 Å². The second-order valence-corrected chi connectivity index (χ2v) is 7.13. The summed E-state index contributed by atoms with van der Waals surface area (Å²) in [5.41, 5.74) is 5.32. The second kappa shape index (κ2) is 9.02. The van der Waals surface area contributed by atoms with Crippen LogP contribution in [-0.2, 0) is 0 Å². The summed E-state index contributed by atoms with van der Waals surface area (Å²) < 4.78 is 0. The number of aryl methyl sites for hydroxylation is 1. The third-order valence-electron chi connectivity index (χ3n) is 4.82. The molecule has 0 saturated carbocycles. The molecule has 0 radical (unpaired) electrons. The first-order valence-electron chi connectivity index (χ1n) is 9.95. The lowest BCUT2D eigenvalue weighted by atomic mass is 10.0. The van der Waals surface area contributed by atoms with Gasteiger partial charge >= 0.3 is 0 Å². The van der Waals surface area contributed by atoms with Crippen LogP contribution in [0, 0.1) is 19.3 Å². The van der Waals surface area contributed by atoms with Crippen LogP contribution in [0.4, 0.5) is 0 Å². The van der Waals surface area contributed by atoms with E-state index < -0.39 is 0 Å². The zero-order chi connectivity index (χ0) is 21.6. The topological polar surface area (TPSA) is 38.7 Å². The smallest absolute Gasteiger partial charge is 0.164 e. The molecule has 3 heteroatoms. The third kappa shape index (κ3) is 4.66. The maximum atomic E-state index is 5.80. The molecule has 1 aromatic heterocycles. The molecule has 0 N–H and O–H groups in total. The predicted octanol–water partition coefficient (Wildman–Crippen LogP) is 6.24. The van der Waals surface area contributed by atoms with Crippen LogP contribution in [0.1, 0.15) is 17.0 Å². The maximum Gasteiger partial charge on any atom is 0.164 e. The van der Waals surface area contributed by atoms with Gasteiger partial charge in [-0.25, -0.2) is 15.0 Å².